The monoisotopic (exact) mass is 258 g/mol. The van der Waals surface area contributed by atoms with E-state index >= 15 is 0 Å². The average Bonchev–Trinajstić information content (AvgIpc) is 2.38. The highest BCUT2D eigenvalue weighted by molar-refractivity contribution is 5.91. The molecular formula is C15H14O4. The maximum atomic E-state index is 11.2. The second-order valence-electron chi connectivity index (χ2n) is 4.06. The van der Waals surface area contributed by atoms with E-state index < -0.39 is 0 Å². The van der Waals surface area contributed by atoms with Crippen LogP contribution in [0, 0.1) is 0 Å². The van der Waals surface area contributed by atoms with E-state index in [4.69, 9.17) is 9.47 Å². The van der Waals surface area contributed by atoms with E-state index in [-0.39, 0.29) is 11.9 Å². The normalized spacial score (nSPS) is 10.2. The van der Waals surface area contributed by atoms with Crippen LogP contribution in [-0.4, -0.2) is 11.9 Å². The topological polar surface area (TPSA) is 52.6 Å². The van der Waals surface area contributed by atoms with Crippen molar-refractivity contribution in [1.29, 1.82) is 0 Å². The molecule has 4 nitrogen and oxygen atoms in total. The van der Waals surface area contributed by atoms with Crippen molar-refractivity contribution in [2.45, 2.75) is 20.3 Å². The molecular weight excluding hydrogens is 244 g/mol. The predicted molar refractivity (Wildman–Crippen MR) is 71.2 cm³/mol. The van der Waals surface area contributed by atoms with Crippen molar-refractivity contribution in [3.63, 3.8) is 0 Å². The molecule has 0 saturated heterocycles. The number of fused-ring (bicyclic) bond motifs is 1. The zero-order chi connectivity index (χ0) is 13.8. The Morgan fingerprint density at radius 3 is 2.58 bits per heavy atom. The summed E-state index contributed by atoms with van der Waals surface area (Å²) in [5.41, 5.74) is 0. The van der Waals surface area contributed by atoms with Gasteiger partial charge in [-0.1, -0.05) is 19.1 Å². The van der Waals surface area contributed by atoms with Gasteiger partial charge in [0, 0.05) is 18.7 Å². The summed E-state index contributed by atoms with van der Waals surface area (Å²) in [6, 6.07) is 10.6. The largest absolute Gasteiger partial charge is 0.427 e. The first-order chi connectivity index (χ1) is 9.10. The van der Waals surface area contributed by atoms with Gasteiger partial charge >= 0.3 is 11.9 Å². The fraction of sp³-hybridized carbons (Fsp3) is 0.200. The number of carbonyl (C=O) groups excluding carboxylic acids is 2. The molecule has 0 N–H and O–H groups in total. The summed E-state index contributed by atoms with van der Waals surface area (Å²) in [6.45, 7) is 3.10. The van der Waals surface area contributed by atoms with Gasteiger partial charge in [-0.2, -0.15) is 0 Å². The summed E-state index contributed by atoms with van der Waals surface area (Å²) < 4.78 is 10.3. The summed E-state index contributed by atoms with van der Waals surface area (Å²) in [4.78, 5) is 22.3. The molecule has 0 unspecified atom stereocenters. The van der Waals surface area contributed by atoms with Crippen molar-refractivity contribution in [1.82, 2.24) is 0 Å². The van der Waals surface area contributed by atoms with Crippen LogP contribution in [0.3, 0.4) is 0 Å². The van der Waals surface area contributed by atoms with Crippen molar-refractivity contribution in [2.75, 3.05) is 0 Å². The van der Waals surface area contributed by atoms with Crippen molar-refractivity contribution < 1.29 is 19.1 Å². The van der Waals surface area contributed by atoms with Gasteiger partial charge in [-0.25, -0.2) is 0 Å². The number of ether oxygens (including phenoxy) is 2. The van der Waals surface area contributed by atoms with Gasteiger partial charge < -0.3 is 9.47 Å². The highest BCUT2D eigenvalue weighted by Crippen LogP contribution is 2.29. The fourth-order valence-corrected chi connectivity index (χ4v) is 1.74. The molecule has 98 valence electrons. The smallest absolute Gasteiger partial charge is 0.310 e. The summed E-state index contributed by atoms with van der Waals surface area (Å²) >= 11 is 0. The lowest BCUT2D eigenvalue weighted by atomic mass is 10.1. The predicted octanol–water partition coefficient (Wildman–Crippen LogP) is 3.08. The second kappa shape index (κ2) is 5.52. The number of esters is 2. The maximum absolute atomic E-state index is 11.2. The Morgan fingerprint density at radius 2 is 1.89 bits per heavy atom. The van der Waals surface area contributed by atoms with E-state index in [0.717, 1.165) is 10.8 Å². The fourth-order valence-electron chi connectivity index (χ4n) is 1.74. The Morgan fingerprint density at radius 1 is 1.11 bits per heavy atom. The van der Waals surface area contributed by atoms with E-state index in [1.807, 2.05) is 6.07 Å². The van der Waals surface area contributed by atoms with Crippen LogP contribution in [0.5, 0.6) is 11.5 Å². The summed E-state index contributed by atoms with van der Waals surface area (Å²) in [7, 11) is 0. The van der Waals surface area contributed by atoms with E-state index in [0.29, 0.717) is 17.9 Å². The molecule has 0 saturated carbocycles. The summed E-state index contributed by atoms with van der Waals surface area (Å²) in [5, 5.41) is 1.65. The highest BCUT2D eigenvalue weighted by Gasteiger charge is 2.07. The first kappa shape index (κ1) is 13.1. The SMILES string of the molecule is CCC(=O)Oc1ccc2c(OC(C)=O)cccc2c1. The van der Waals surface area contributed by atoms with Crippen LogP contribution in [0.25, 0.3) is 10.8 Å². The number of benzene rings is 2. The molecule has 0 aliphatic heterocycles. The lowest BCUT2D eigenvalue weighted by Gasteiger charge is -2.08. The van der Waals surface area contributed by atoms with Crippen molar-refractivity contribution in [3.8, 4) is 11.5 Å². The van der Waals surface area contributed by atoms with Crippen LogP contribution in [0.2, 0.25) is 0 Å². The van der Waals surface area contributed by atoms with Crippen LogP contribution >= 0.6 is 0 Å². The third-order valence-corrected chi connectivity index (χ3v) is 2.59. The molecule has 0 radical (unpaired) electrons. The number of hydrogen-bond acceptors (Lipinski definition) is 4. The Balaban J connectivity index is 2.39. The van der Waals surface area contributed by atoms with Crippen LogP contribution in [0.4, 0.5) is 0 Å². The maximum Gasteiger partial charge on any atom is 0.310 e. The third kappa shape index (κ3) is 3.10. The Hall–Kier alpha value is -2.36. The first-order valence-corrected chi connectivity index (χ1v) is 6.02. The standard InChI is InChI=1S/C15H14O4/c1-3-15(17)19-12-7-8-13-11(9-12)5-4-6-14(13)18-10(2)16/h4-9H,3H2,1-2H3. The molecule has 0 fully saturated rings. The van der Waals surface area contributed by atoms with Gasteiger partial charge in [-0.15, -0.1) is 0 Å². The summed E-state index contributed by atoms with van der Waals surface area (Å²) in [5.74, 6) is 0.335. The first-order valence-electron chi connectivity index (χ1n) is 6.02. The van der Waals surface area contributed by atoms with Gasteiger partial charge in [-0.05, 0) is 29.7 Å². The zero-order valence-electron chi connectivity index (χ0n) is 10.8. The molecule has 0 spiro atoms. The van der Waals surface area contributed by atoms with E-state index in [9.17, 15) is 9.59 Å². The van der Waals surface area contributed by atoms with Crippen LogP contribution < -0.4 is 9.47 Å². The van der Waals surface area contributed by atoms with Gasteiger partial charge in [-0.3, -0.25) is 9.59 Å². The molecule has 2 aromatic rings. The van der Waals surface area contributed by atoms with Crippen molar-refractivity contribution in [2.24, 2.45) is 0 Å². The van der Waals surface area contributed by atoms with Crippen molar-refractivity contribution >= 4 is 22.7 Å². The molecule has 19 heavy (non-hydrogen) atoms. The Kier molecular flexibility index (Phi) is 3.80. The molecule has 0 bridgehead atoms. The van der Waals surface area contributed by atoms with Crippen LogP contribution in [0.15, 0.2) is 36.4 Å². The molecule has 0 amide bonds. The molecule has 0 heterocycles. The minimum atomic E-state index is -0.367. The lowest BCUT2D eigenvalue weighted by Crippen LogP contribution is -2.05. The molecule has 0 aliphatic rings. The minimum Gasteiger partial charge on any atom is -0.427 e. The Bertz CT molecular complexity index is 631. The molecule has 0 atom stereocenters. The molecule has 0 aromatic heterocycles. The van der Waals surface area contributed by atoms with Gasteiger partial charge in [0.05, 0.1) is 0 Å². The average molecular weight is 258 g/mol. The minimum absolute atomic E-state index is 0.282. The van der Waals surface area contributed by atoms with Crippen LogP contribution in [0.1, 0.15) is 20.3 Å². The van der Waals surface area contributed by atoms with Gasteiger partial charge in [0.1, 0.15) is 11.5 Å². The van der Waals surface area contributed by atoms with E-state index in [1.165, 1.54) is 6.92 Å². The lowest BCUT2D eigenvalue weighted by molar-refractivity contribution is -0.134. The second-order valence-corrected chi connectivity index (χ2v) is 4.06. The number of carbonyl (C=O) groups is 2. The van der Waals surface area contributed by atoms with Crippen LogP contribution in [-0.2, 0) is 9.59 Å². The number of rotatable bonds is 3. The van der Waals surface area contributed by atoms with E-state index in [2.05, 4.69) is 0 Å². The van der Waals surface area contributed by atoms with E-state index in [1.54, 1.807) is 37.3 Å². The quantitative estimate of drug-likeness (QED) is 0.627. The highest BCUT2D eigenvalue weighted by atomic mass is 16.5. The molecule has 2 aromatic carbocycles. The Labute approximate surface area is 110 Å². The number of hydrogen-bond donors (Lipinski definition) is 0. The molecule has 0 aliphatic carbocycles. The molecule has 2 rings (SSSR count). The third-order valence-electron chi connectivity index (χ3n) is 2.59. The van der Waals surface area contributed by atoms with Gasteiger partial charge in [0.25, 0.3) is 0 Å². The van der Waals surface area contributed by atoms with Crippen molar-refractivity contribution in [3.05, 3.63) is 36.4 Å². The molecule has 4 heteroatoms. The van der Waals surface area contributed by atoms with Gasteiger partial charge in [0.2, 0.25) is 0 Å². The summed E-state index contributed by atoms with van der Waals surface area (Å²) in [6.07, 6.45) is 0.325. The van der Waals surface area contributed by atoms with Gasteiger partial charge in [0.15, 0.2) is 0 Å². The zero-order valence-corrected chi connectivity index (χ0v) is 10.8.